The average molecular weight is 490 g/mol. The average Bonchev–Trinajstić information content (AvgIpc) is 3.18. The lowest BCUT2D eigenvalue weighted by molar-refractivity contribution is -0.123. The second-order valence-electron chi connectivity index (χ2n) is 10.9. The Morgan fingerprint density at radius 1 is 1.17 bits per heavy atom. The monoisotopic (exact) mass is 489 g/mol. The fraction of sp³-hybridized carbons (Fsp3) is 0.500. The molecular formula is C28H36N5OP. The number of aromatic nitrogens is 2. The van der Waals surface area contributed by atoms with Gasteiger partial charge in [-0.1, -0.05) is 34.9 Å². The number of imidazole rings is 1. The normalized spacial score (nSPS) is 26.4. The predicted octanol–water partition coefficient (Wildman–Crippen LogP) is 4.92. The molecule has 0 spiro atoms. The Labute approximate surface area is 210 Å². The van der Waals surface area contributed by atoms with Gasteiger partial charge >= 0.3 is 0 Å². The summed E-state index contributed by atoms with van der Waals surface area (Å²) in [5, 5.41) is 1.13. The summed E-state index contributed by atoms with van der Waals surface area (Å²) in [6.07, 6.45) is 16.8. The van der Waals surface area contributed by atoms with Gasteiger partial charge in [0.1, 0.15) is 5.65 Å². The van der Waals surface area contributed by atoms with Crippen molar-refractivity contribution in [3.05, 3.63) is 65.4 Å². The third-order valence-corrected chi connectivity index (χ3v) is 9.58. The zero-order valence-electron chi connectivity index (χ0n) is 21.2. The molecule has 184 valence electrons. The maximum absolute atomic E-state index is 13.3. The van der Waals surface area contributed by atoms with Crippen molar-refractivity contribution in [2.75, 3.05) is 19.6 Å². The zero-order chi connectivity index (χ0) is 24.3. The van der Waals surface area contributed by atoms with Crippen LogP contribution in [0.3, 0.4) is 0 Å². The van der Waals surface area contributed by atoms with Gasteiger partial charge < -0.3 is 14.2 Å². The summed E-state index contributed by atoms with van der Waals surface area (Å²) in [5.41, 5.74) is 5.57. The van der Waals surface area contributed by atoms with Crippen LogP contribution in [-0.2, 0) is 4.79 Å². The van der Waals surface area contributed by atoms with Crippen molar-refractivity contribution in [3.8, 4) is 0 Å². The van der Waals surface area contributed by atoms with E-state index in [1.807, 2.05) is 17.9 Å². The summed E-state index contributed by atoms with van der Waals surface area (Å²) in [6, 6.07) is 3.59. The summed E-state index contributed by atoms with van der Waals surface area (Å²) in [6.45, 7) is 12.0. The fourth-order valence-electron chi connectivity index (χ4n) is 5.91. The van der Waals surface area contributed by atoms with Crippen molar-refractivity contribution in [3.63, 3.8) is 0 Å². The van der Waals surface area contributed by atoms with E-state index in [9.17, 15) is 4.79 Å². The maximum Gasteiger partial charge on any atom is 0.252 e. The molecule has 2 aromatic rings. The van der Waals surface area contributed by atoms with E-state index >= 15 is 0 Å². The number of allylic oxidation sites excluding steroid dienone is 1. The van der Waals surface area contributed by atoms with Crippen LogP contribution in [-0.4, -0.2) is 67.5 Å². The van der Waals surface area contributed by atoms with E-state index in [0.717, 1.165) is 47.9 Å². The van der Waals surface area contributed by atoms with Gasteiger partial charge in [-0.2, -0.15) is 0 Å². The van der Waals surface area contributed by atoms with E-state index in [2.05, 4.69) is 71.8 Å². The molecule has 2 aromatic heterocycles. The molecule has 2 unspecified atom stereocenters. The molecule has 3 aliphatic heterocycles. The topological polar surface area (TPSA) is 44.1 Å². The zero-order valence-corrected chi connectivity index (χ0v) is 22.2. The minimum Gasteiger partial charge on any atom is -0.368 e. The van der Waals surface area contributed by atoms with Crippen molar-refractivity contribution in [2.45, 2.75) is 70.7 Å². The highest BCUT2D eigenvalue weighted by Gasteiger charge is 2.34. The minimum absolute atomic E-state index is 0.0831. The Morgan fingerprint density at radius 3 is 2.71 bits per heavy atom. The number of hydrogen-bond donors (Lipinski definition) is 0. The van der Waals surface area contributed by atoms with E-state index in [0.29, 0.717) is 20.5 Å². The molecule has 0 bridgehead atoms. The van der Waals surface area contributed by atoms with Crippen molar-refractivity contribution in [1.82, 2.24) is 24.1 Å². The van der Waals surface area contributed by atoms with Gasteiger partial charge in [0, 0.05) is 56.4 Å². The summed E-state index contributed by atoms with van der Waals surface area (Å²) in [5.74, 6) is 0.550. The van der Waals surface area contributed by atoms with Crippen LogP contribution in [0, 0.1) is 6.92 Å². The van der Waals surface area contributed by atoms with E-state index in [-0.39, 0.29) is 11.7 Å². The Hall–Kier alpha value is -2.43. The first-order valence-corrected chi connectivity index (χ1v) is 14.2. The van der Waals surface area contributed by atoms with Gasteiger partial charge in [-0.15, -0.1) is 0 Å². The van der Waals surface area contributed by atoms with Crippen molar-refractivity contribution >= 4 is 25.4 Å². The van der Waals surface area contributed by atoms with Gasteiger partial charge in [0.15, 0.2) is 0 Å². The number of fused-ring (bicyclic) bond motifs is 2. The van der Waals surface area contributed by atoms with E-state index in [1.165, 1.54) is 30.5 Å². The molecule has 1 saturated carbocycles. The molecule has 35 heavy (non-hydrogen) atoms. The van der Waals surface area contributed by atoms with Crippen molar-refractivity contribution in [1.29, 1.82) is 0 Å². The molecular weight excluding hydrogens is 453 g/mol. The van der Waals surface area contributed by atoms with Gasteiger partial charge in [0.05, 0.1) is 17.2 Å². The van der Waals surface area contributed by atoms with E-state index in [1.54, 1.807) is 0 Å². The molecule has 3 atom stereocenters. The second-order valence-corrected chi connectivity index (χ2v) is 12.3. The third-order valence-electron chi connectivity index (χ3n) is 8.07. The molecule has 7 heteroatoms. The summed E-state index contributed by atoms with van der Waals surface area (Å²) in [7, 11) is 0.522. The van der Waals surface area contributed by atoms with Crippen molar-refractivity contribution in [2.24, 2.45) is 0 Å². The number of rotatable bonds is 4. The van der Waals surface area contributed by atoms with Crippen LogP contribution in [0.15, 0.2) is 48.6 Å². The quantitative estimate of drug-likeness (QED) is 0.572. The summed E-state index contributed by atoms with van der Waals surface area (Å²) >= 11 is 0. The highest BCUT2D eigenvalue weighted by atomic mass is 31.1. The fourth-order valence-corrected chi connectivity index (χ4v) is 7.27. The Balaban J connectivity index is 1.23. The standard InChI is InChI=1S/C28H36N5OP/c1-18(2)24-12-21(16-31-14-19(3)29-28(24)31)25-13-26(34)33-17-23(8-9-27(33)35-25)30-10-11-32(20(4)15-30)22-6-5-7-22/h8-9,12-14,16-18,20,22,27,35H,5-7,10-11,15H2,1-4H3/t20-,27?/m0/s1. The van der Waals surface area contributed by atoms with Gasteiger partial charge in [-0.05, 0) is 61.2 Å². The highest BCUT2D eigenvalue weighted by molar-refractivity contribution is 7.51. The Kier molecular flexibility index (Phi) is 5.85. The molecule has 0 N–H and O–H groups in total. The lowest BCUT2D eigenvalue weighted by atomic mass is 9.89. The largest absolute Gasteiger partial charge is 0.368 e. The number of pyridine rings is 1. The first kappa shape index (κ1) is 23.0. The second kappa shape index (κ2) is 8.90. The van der Waals surface area contributed by atoms with Crippen molar-refractivity contribution < 1.29 is 4.79 Å². The number of carbonyl (C=O) groups is 1. The SMILES string of the molecule is Cc1cn2cc(C3=CC(=O)N4C=C(N5CCN(C6CCC6)[C@@H](C)C5)C=CC4P3)cc(C(C)C)c2n1. The molecule has 6 rings (SSSR count). The third kappa shape index (κ3) is 4.15. The van der Waals surface area contributed by atoms with Crippen LogP contribution < -0.4 is 0 Å². The Bertz CT molecular complexity index is 1250. The van der Waals surface area contributed by atoms with Crippen LogP contribution in [0.2, 0.25) is 0 Å². The van der Waals surface area contributed by atoms with E-state index in [4.69, 9.17) is 4.98 Å². The summed E-state index contributed by atoms with van der Waals surface area (Å²) in [4.78, 5) is 25.1. The van der Waals surface area contributed by atoms with Crippen LogP contribution >= 0.6 is 8.58 Å². The maximum atomic E-state index is 13.3. The van der Waals surface area contributed by atoms with Gasteiger partial charge in [-0.3, -0.25) is 9.69 Å². The van der Waals surface area contributed by atoms with E-state index < -0.39 is 0 Å². The number of amides is 1. The molecule has 1 saturated heterocycles. The number of hydrogen-bond acceptors (Lipinski definition) is 4. The van der Waals surface area contributed by atoms with Gasteiger partial charge in [0.2, 0.25) is 0 Å². The summed E-state index contributed by atoms with van der Waals surface area (Å²) < 4.78 is 2.13. The molecule has 0 radical (unpaired) electrons. The van der Waals surface area contributed by atoms with Crippen LogP contribution in [0.5, 0.6) is 0 Å². The molecule has 2 fully saturated rings. The predicted molar refractivity (Wildman–Crippen MR) is 144 cm³/mol. The lowest BCUT2D eigenvalue weighted by Gasteiger charge is -2.48. The van der Waals surface area contributed by atoms with Crippen LogP contribution in [0.25, 0.3) is 11.0 Å². The molecule has 5 heterocycles. The minimum atomic E-state index is 0.0831. The Morgan fingerprint density at radius 2 is 2.00 bits per heavy atom. The first-order chi connectivity index (χ1) is 16.9. The van der Waals surface area contributed by atoms with Gasteiger partial charge in [0.25, 0.3) is 5.91 Å². The molecule has 1 aliphatic carbocycles. The number of piperazine rings is 1. The molecule has 0 aromatic carbocycles. The first-order valence-electron chi connectivity index (χ1n) is 13.1. The molecule has 6 nitrogen and oxygen atoms in total. The van der Waals surface area contributed by atoms with Crippen LogP contribution in [0.1, 0.15) is 62.8 Å². The molecule has 1 amide bonds. The van der Waals surface area contributed by atoms with Gasteiger partial charge in [-0.25, -0.2) is 4.98 Å². The molecule has 4 aliphatic rings. The highest BCUT2D eigenvalue weighted by Crippen LogP contribution is 2.45. The number of nitrogens with zero attached hydrogens (tertiary/aromatic N) is 5. The van der Waals surface area contributed by atoms with Crippen LogP contribution in [0.4, 0.5) is 0 Å². The lowest BCUT2D eigenvalue weighted by Crippen LogP contribution is -2.56. The smallest absolute Gasteiger partial charge is 0.252 e. The number of carbonyl (C=O) groups excluding carboxylic acids is 1. The number of aryl methyl sites for hydroxylation is 1.